The number of piperazine rings is 1. The minimum absolute atomic E-state index is 0.869. The van der Waals surface area contributed by atoms with Crippen LogP contribution in [0, 0.1) is 6.92 Å². The van der Waals surface area contributed by atoms with Crippen LogP contribution in [0.4, 0.5) is 10.8 Å². The summed E-state index contributed by atoms with van der Waals surface area (Å²) in [4.78, 5) is 16.6. The summed E-state index contributed by atoms with van der Waals surface area (Å²) in [5.74, 6) is 1.00. The summed E-state index contributed by atoms with van der Waals surface area (Å²) < 4.78 is 0. The zero-order valence-corrected chi connectivity index (χ0v) is 18.4. The number of guanidine groups is 1. The fraction of sp³-hybridized carbons (Fsp3) is 0.545. The molecular formula is C22H32N6S. The standard InChI is InChI=1S/C22H32N6S/c1-18-6-5-7-20(16-18)26-12-14-27(15-13-26)21(23-2)24-9-8-19-17-29-22(25-19)28-10-3-4-11-28/h5-7,16-17H,3-4,8-15H2,1-2H3,(H,23,24). The lowest BCUT2D eigenvalue weighted by molar-refractivity contribution is 0.373. The summed E-state index contributed by atoms with van der Waals surface area (Å²) in [5, 5.41) is 6.93. The average molecular weight is 413 g/mol. The van der Waals surface area contributed by atoms with E-state index in [-0.39, 0.29) is 0 Å². The molecule has 0 radical (unpaired) electrons. The van der Waals surface area contributed by atoms with Crippen LogP contribution in [0.5, 0.6) is 0 Å². The van der Waals surface area contributed by atoms with Gasteiger partial charge in [-0.25, -0.2) is 4.98 Å². The lowest BCUT2D eigenvalue weighted by Crippen LogP contribution is -2.52. The largest absolute Gasteiger partial charge is 0.368 e. The molecule has 2 aromatic rings. The highest BCUT2D eigenvalue weighted by Gasteiger charge is 2.20. The Morgan fingerprint density at radius 3 is 2.62 bits per heavy atom. The van der Waals surface area contributed by atoms with E-state index in [1.54, 1.807) is 11.3 Å². The molecule has 2 aliphatic rings. The second-order valence-electron chi connectivity index (χ2n) is 7.85. The van der Waals surface area contributed by atoms with Crippen LogP contribution in [-0.4, -0.2) is 68.7 Å². The number of aromatic nitrogens is 1. The summed E-state index contributed by atoms with van der Waals surface area (Å²) in [6.45, 7) is 9.37. The van der Waals surface area contributed by atoms with E-state index in [0.717, 1.165) is 58.2 Å². The molecule has 2 fully saturated rings. The third-order valence-electron chi connectivity index (χ3n) is 5.74. The molecule has 0 unspecified atom stereocenters. The van der Waals surface area contributed by atoms with Crippen molar-refractivity contribution in [2.75, 3.05) is 62.7 Å². The number of aryl methyl sites for hydroxylation is 1. The summed E-state index contributed by atoms with van der Waals surface area (Å²) in [6.07, 6.45) is 3.53. The van der Waals surface area contributed by atoms with Gasteiger partial charge in [-0.15, -0.1) is 11.3 Å². The van der Waals surface area contributed by atoms with Crippen LogP contribution in [-0.2, 0) is 6.42 Å². The fourth-order valence-electron chi connectivity index (χ4n) is 4.10. The Morgan fingerprint density at radius 1 is 1.10 bits per heavy atom. The fourth-order valence-corrected chi connectivity index (χ4v) is 5.01. The first-order valence-corrected chi connectivity index (χ1v) is 11.6. The van der Waals surface area contributed by atoms with Crippen LogP contribution in [0.1, 0.15) is 24.1 Å². The first-order chi connectivity index (χ1) is 14.2. The van der Waals surface area contributed by atoms with Gasteiger partial charge < -0.3 is 20.0 Å². The van der Waals surface area contributed by atoms with Crippen LogP contribution >= 0.6 is 11.3 Å². The van der Waals surface area contributed by atoms with Gasteiger partial charge >= 0.3 is 0 Å². The van der Waals surface area contributed by atoms with Gasteiger partial charge in [-0.2, -0.15) is 0 Å². The van der Waals surface area contributed by atoms with E-state index in [2.05, 4.69) is 61.6 Å². The van der Waals surface area contributed by atoms with Crippen molar-refractivity contribution in [2.24, 2.45) is 4.99 Å². The molecule has 1 N–H and O–H groups in total. The summed E-state index contributed by atoms with van der Waals surface area (Å²) in [7, 11) is 1.88. The maximum Gasteiger partial charge on any atom is 0.193 e. The molecule has 1 aromatic carbocycles. The Morgan fingerprint density at radius 2 is 1.90 bits per heavy atom. The highest BCUT2D eigenvalue weighted by molar-refractivity contribution is 7.13. The second kappa shape index (κ2) is 9.48. The summed E-state index contributed by atoms with van der Waals surface area (Å²) in [6, 6.07) is 8.78. The van der Waals surface area contributed by atoms with Crippen molar-refractivity contribution in [3.8, 4) is 0 Å². The van der Waals surface area contributed by atoms with Crippen molar-refractivity contribution in [1.82, 2.24) is 15.2 Å². The number of thiazole rings is 1. The topological polar surface area (TPSA) is 47.0 Å². The van der Waals surface area contributed by atoms with Crippen LogP contribution in [0.25, 0.3) is 0 Å². The molecule has 0 aliphatic carbocycles. The Balaban J connectivity index is 1.24. The Bertz CT molecular complexity index is 818. The molecule has 0 bridgehead atoms. The quantitative estimate of drug-likeness (QED) is 0.604. The monoisotopic (exact) mass is 412 g/mol. The molecule has 0 atom stereocenters. The molecule has 2 saturated heterocycles. The van der Waals surface area contributed by atoms with Gasteiger partial charge in [0.15, 0.2) is 11.1 Å². The van der Waals surface area contributed by atoms with Gasteiger partial charge in [0.1, 0.15) is 0 Å². The minimum Gasteiger partial charge on any atom is -0.368 e. The highest BCUT2D eigenvalue weighted by atomic mass is 32.1. The van der Waals surface area contributed by atoms with Crippen LogP contribution < -0.4 is 15.1 Å². The van der Waals surface area contributed by atoms with E-state index in [1.807, 2.05) is 7.05 Å². The number of rotatable bonds is 5. The van der Waals surface area contributed by atoms with Crippen molar-refractivity contribution >= 4 is 28.1 Å². The predicted molar refractivity (Wildman–Crippen MR) is 124 cm³/mol. The van der Waals surface area contributed by atoms with E-state index in [0.29, 0.717) is 0 Å². The lowest BCUT2D eigenvalue weighted by atomic mass is 10.2. The smallest absolute Gasteiger partial charge is 0.193 e. The zero-order valence-electron chi connectivity index (χ0n) is 17.6. The third-order valence-corrected chi connectivity index (χ3v) is 6.69. The summed E-state index contributed by atoms with van der Waals surface area (Å²) >= 11 is 1.78. The molecule has 29 heavy (non-hydrogen) atoms. The van der Waals surface area contributed by atoms with Gasteiger partial charge in [0.25, 0.3) is 0 Å². The van der Waals surface area contributed by atoms with Crippen molar-refractivity contribution in [3.63, 3.8) is 0 Å². The average Bonchev–Trinajstić information content (AvgIpc) is 3.43. The van der Waals surface area contributed by atoms with Crippen molar-refractivity contribution < 1.29 is 0 Å². The van der Waals surface area contributed by atoms with E-state index >= 15 is 0 Å². The molecule has 0 spiro atoms. The molecule has 4 rings (SSSR count). The van der Waals surface area contributed by atoms with Gasteiger partial charge in [-0.3, -0.25) is 4.99 Å². The molecule has 0 saturated carbocycles. The predicted octanol–water partition coefficient (Wildman–Crippen LogP) is 2.99. The zero-order chi connectivity index (χ0) is 20.1. The molecule has 1 aromatic heterocycles. The van der Waals surface area contributed by atoms with E-state index < -0.39 is 0 Å². The first-order valence-electron chi connectivity index (χ1n) is 10.7. The number of nitrogens with zero attached hydrogens (tertiary/aromatic N) is 5. The summed E-state index contributed by atoms with van der Waals surface area (Å²) in [5.41, 5.74) is 3.83. The lowest BCUT2D eigenvalue weighted by Gasteiger charge is -2.37. The maximum absolute atomic E-state index is 4.82. The van der Waals surface area contributed by atoms with Gasteiger partial charge in [0.05, 0.1) is 5.69 Å². The molecule has 156 valence electrons. The number of hydrogen-bond acceptors (Lipinski definition) is 5. The number of hydrogen-bond donors (Lipinski definition) is 1. The number of anilines is 2. The normalized spacial score (nSPS) is 17.9. The van der Waals surface area contributed by atoms with Gasteiger partial charge in [0, 0.05) is 70.3 Å². The van der Waals surface area contributed by atoms with Crippen molar-refractivity contribution in [1.29, 1.82) is 0 Å². The molecule has 3 heterocycles. The number of aliphatic imine (C=N–C) groups is 1. The highest BCUT2D eigenvalue weighted by Crippen LogP contribution is 2.24. The van der Waals surface area contributed by atoms with Crippen LogP contribution in [0.3, 0.4) is 0 Å². The molecule has 0 amide bonds. The molecule has 7 heteroatoms. The first kappa shape index (κ1) is 20.0. The Kier molecular flexibility index (Phi) is 6.54. The van der Waals surface area contributed by atoms with Crippen molar-refractivity contribution in [3.05, 3.63) is 40.9 Å². The molecule has 6 nitrogen and oxygen atoms in total. The van der Waals surface area contributed by atoms with Gasteiger partial charge in [-0.1, -0.05) is 12.1 Å². The van der Waals surface area contributed by atoms with Crippen molar-refractivity contribution in [2.45, 2.75) is 26.2 Å². The third kappa shape index (κ3) is 5.01. The van der Waals surface area contributed by atoms with Crippen LogP contribution in [0.15, 0.2) is 34.6 Å². The van der Waals surface area contributed by atoms with Gasteiger partial charge in [-0.05, 0) is 37.5 Å². The Hall–Kier alpha value is -2.28. The van der Waals surface area contributed by atoms with E-state index in [1.165, 1.54) is 34.9 Å². The van der Waals surface area contributed by atoms with E-state index in [4.69, 9.17) is 4.98 Å². The number of nitrogens with one attached hydrogen (secondary N) is 1. The second-order valence-corrected chi connectivity index (χ2v) is 8.69. The maximum atomic E-state index is 4.82. The molecular weight excluding hydrogens is 380 g/mol. The van der Waals surface area contributed by atoms with Gasteiger partial charge in [0.2, 0.25) is 0 Å². The number of benzene rings is 1. The molecule has 2 aliphatic heterocycles. The minimum atomic E-state index is 0.869. The SMILES string of the molecule is CN=C(NCCc1csc(N2CCCC2)n1)N1CCN(c2cccc(C)c2)CC1. The van der Waals surface area contributed by atoms with Crippen LogP contribution in [0.2, 0.25) is 0 Å². The Labute approximate surface area is 178 Å². The van der Waals surface area contributed by atoms with E-state index in [9.17, 15) is 0 Å².